The zero-order valence-electron chi connectivity index (χ0n) is 29.4. The lowest BCUT2D eigenvalue weighted by atomic mass is 10.1. The molecule has 0 heterocycles. The van der Waals surface area contributed by atoms with E-state index in [9.17, 15) is 33.6 Å². The number of esters is 2. The minimum Gasteiger partial charge on any atom is -0.460 e. The molecule has 0 aliphatic heterocycles. The van der Waals surface area contributed by atoms with Gasteiger partial charge in [-0.3, -0.25) is 28.8 Å². The van der Waals surface area contributed by atoms with Crippen LogP contribution in [0.1, 0.15) is 101 Å². The van der Waals surface area contributed by atoms with E-state index in [-0.39, 0.29) is 24.5 Å². The van der Waals surface area contributed by atoms with Gasteiger partial charge in [-0.25, -0.2) is 4.79 Å². The lowest BCUT2D eigenvalue weighted by Gasteiger charge is -2.26. The third-order valence-electron chi connectivity index (χ3n) is 5.78. The van der Waals surface area contributed by atoms with Crippen LogP contribution in [0.4, 0.5) is 4.79 Å². The van der Waals surface area contributed by atoms with Crippen molar-refractivity contribution in [3.05, 3.63) is 0 Å². The number of nitrogens with one attached hydrogen (secondary N) is 4. The van der Waals surface area contributed by atoms with E-state index in [2.05, 4.69) is 33.9 Å². The summed E-state index contributed by atoms with van der Waals surface area (Å²) < 4.78 is 15.7. The molecule has 0 bridgehead atoms. The van der Waals surface area contributed by atoms with Gasteiger partial charge in [0.05, 0.1) is 24.9 Å². The fourth-order valence-corrected chi connectivity index (χ4v) is 4.11. The van der Waals surface area contributed by atoms with Gasteiger partial charge in [-0.2, -0.15) is 12.6 Å². The van der Waals surface area contributed by atoms with Crippen molar-refractivity contribution >= 4 is 54.2 Å². The first kappa shape index (κ1) is 43.6. The summed E-state index contributed by atoms with van der Waals surface area (Å²) in [5.74, 6) is -4.44. The van der Waals surface area contributed by atoms with Crippen LogP contribution in [0.2, 0.25) is 0 Å². The van der Waals surface area contributed by atoms with Crippen LogP contribution in [-0.2, 0) is 43.0 Å². The summed E-state index contributed by atoms with van der Waals surface area (Å²) in [6, 6.07) is -5.09. The maximum Gasteiger partial charge on any atom is 0.407 e. The second-order valence-corrected chi connectivity index (χ2v) is 14.5. The van der Waals surface area contributed by atoms with Crippen molar-refractivity contribution in [3.8, 4) is 0 Å². The van der Waals surface area contributed by atoms with E-state index < -0.39 is 89.6 Å². The first-order chi connectivity index (χ1) is 21.3. The summed E-state index contributed by atoms with van der Waals surface area (Å²) in [5.41, 5.74) is 3.57. The molecule has 0 rings (SSSR count). The Morgan fingerprint density at radius 2 is 1.09 bits per heavy atom. The maximum absolute atomic E-state index is 13.5. The zero-order chi connectivity index (χ0) is 36.8. The third kappa shape index (κ3) is 21.2. The van der Waals surface area contributed by atoms with Gasteiger partial charge in [0.1, 0.15) is 28.9 Å². The van der Waals surface area contributed by atoms with Crippen LogP contribution in [0, 0.1) is 0 Å². The van der Waals surface area contributed by atoms with E-state index in [0.717, 1.165) is 0 Å². The zero-order valence-corrected chi connectivity index (χ0v) is 30.3. The Morgan fingerprint density at radius 3 is 1.55 bits per heavy atom. The van der Waals surface area contributed by atoms with E-state index in [4.69, 9.17) is 19.9 Å². The molecule has 0 aliphatic rings. The third-order valence-corrected chi connectivity index (χ3v) is 6.14. The van der Waals surface area contributed by atoms with Crippen LogP contribution in [0.3, 0.4) is 0 Å². The number of carbonyl (C=O) groups is 7. The van der Waals surface area contributed by atoms with Gasteiger partial charge >= 0.3 is 18.0 Å². The molecule has 0 aliphatic carbocycles. The molecular weight excluding hydrogens is 634 g/mol. The molecular formula is C31H55N5O10S. The van der Waals surface area contributed by atoms with E-state index in [0.29, 0.717) is 12.8 Å². The number of unbranched alkanes of at least 4 members (excludes halogenated alkanes) is 1. The minimum atomic E-state index is -1.48. The smallest absolute Gasteiger partial charge is 0.407 e. The highest BCUT2D eigenvalue weighted by Crippen LogP contribution is 2.12. The molecule has 0 spiro atoms. The summed E-state index contributed by atoms with van der Waals surface area (Å²) >= 11 is 4.08. The number of amides is 4. The molecule has 0 fully saturated rings. The Hall–Kier alpha value is -3.40. The SMILES string of the molecule is CC(=O)[C@H](CS)NC(=O)[C@H](CC(=O)OC(C)(C)C)NC(=O)[C@H](CCCCNC(=O)OC(C)(C)C)NC(=O)[C@@H](N)CC(=O)OC(C)(C)C. The van der Waals surface area contributed by atoms with Gasteiger partial charge in [0.25, 0.3) is 0 Å². The molecule has 0 aromatic rings. The van der Waals surface area contributed by atoms with Crippen molar-refractivity contribution in [2.75, 3.05) is 12.3 Å². The Bertz CT molecular complexity index is 1110. The molecule has 47 heavy (non-hydrogen) atoms. The highest BCUT2D eigenvalue weighted by Gasteiger charge is 2.33. The second-order valence-electron chi connectivity index (χ2n) is 14.1. The van der Waals surface area contributed by atoms with Gasteiger partial charge in [-0.1, -0.05) is 0 Å². The van der Waals surface area contributed by atoms with Gasteiger partial charge in [0.15, 0.2) is 5.78 Å². The number of rotatable bonds is 17. The first-order valence-corrected chi connectivity index (χ1v) is 16.2. The van der Waals surface area contributed by atoms with E-state index in [1.54, 1.807) is 62.3 Å². The van der Waals surface area contributed by atoms with Crippen LogP contribution < -0.4 is 27.0 Å². The number of nitrogens with two attached hydrogens (primary N) is 1. The summed E-state index contributed by atoms with van der Waals surface area (Å²) in [4.78, 5) is 88.5. The molecule has 16 heteroatoms. The fourth-order valence-electron chi connectivity index (χ4n) is 3.76. The van der Waals surface area contributed by atoms with Crippen molar-refractivity contribution in [1.82, 2.24) is 21.3 Å². The van der Waals surface area contributed by atoms with Crippen LogP contribution in [0.5, 0.6) is 0 Å². The Labute approximate surface area is 283 Å². The molecule has 4 amide bonds. The monoisotopic (exact) mass is 689 g/mol. The Balaban J connectivity index is 5.93. The second kappa shape index (κ2) is 19.4. The molecule has 15 nitrogen and oxygen atoms in total. The summed E-state index contributed by atoms with van der Waals surface area (Å²) in [6.45, 7) is 16.5. The average molecular weight is 690 g/mol. The number of ether oxygens (including phenoxy) is 3. The largest absolute Gasteiger partial charge is 0.460 e. The van der Waals surface area contributed by atoms with Crippen molar-refractivity contribution in [2.45, 2.75) is 142 Å². The topological polar surface area (TPSA) is 221 Å². The average Bonchev–Trinajstić information content (AvgIpc) is 2.86. The summed E-state index contributed by atoms with van der Waals surface area (Å²) in [6.07, 6.45) is -0.936. The van der Waals surface area contributed by atoms with Gasteiger partial charge in [0, 0.05) is 12.3 Å². The van der Waals surface area contributed by atoms with Gasteiger partial charge in [-0.15, -0.1) is 0 Å². The lowest BCUT2D eigenvalue weighted by molar-refractivity contribution is -0.157. The number of Topliss-reactive ketones (excluding diaryl/α,β-unsaturated/α-hetero) is 1. The quantitative estimate of drug-likeness (QED) is 0.0555. The summed E-state index contributed by atoms with van der Waals surface area (Å²) in [5, 5.41) is 10.1. The molecule has 0 aromatic heterocycles. The molecule has 270 valence electrons. The van der Waals surface area contributed by atoms with Crippen molar-refractivity contribution < 1.29 is 47.8 Å². The Kier molecular flexibility index (Phi) is 18.0. The highest BCUT2D eigenvalue weighted by atomic mass is 32.1. The fraction of sp³-hybridized carbons (Fsp3) is 0.774. The van der Waals surface area contributed by atoms with Crippen LogP contribution in [-0.4, -0.2) is 94.8 Å². The number of ketones is 1. The highest BCUT2D eigenvalue weighted by molar-refractivity contribution is 7.80. The maximum atomic E-state index is 13.5. The summed E-state index contributed by atoms with van der Waals surface area (Å²) in [7, 11) is 0. The first-order valence-electron chi connectivity index (χ1n) is 15.5. The molecule has 0 unspecified atom stereocenters. The normalized spacial score (nSPS) is 14.4. The van der Waals surface area contributed by atoms with Gasteiger partial charge in [0.2, 0.25) is 17.7 Å². The number of hydrogen-bond donors (Lipinski definition) is 6. The van der Waals surface area contributed by atoms with Crippen LogP contribution in [0.15, 0.2) is 0 Å². The van der Waals surface area contributed by atoms with E-state index >= 15 is 0 Å². The van der Waals surface area contributed by atoms with Crippen molar-refractivity contribution in [1.29, 1.82) is 0 Å². The minimum absolute atomic E-state index is 0.0280. The van der Waals surface area contributed by atoms with Crippen LogP contribution in [0.25, 0.3) is 0 Å². The van der Waals surface area contributed by atoms with Crippen molar-refractivity contribution in [2.24, 2.45) is 5.73 Å². The molecule has 0 saturated heterocycles. The van der Waals surface area contributed by atoms with E-state index in [1.165, 1.54) is 6.92 Å². The van der Waals surface area contributed by atoms with Crippen molar-refractivity contribution in [3.63, 3.8) is 0 Å². The lowest BCUT2D eigenvalue weighted by Crippen LogP contribution is -2.57. The van der Waals surface area contributed by atoms with E-state index in [1.807, 2.05) is 0 Å². The van der Waals surface area contributed by atoms with Crippen LogP contribution >= 0.6 is 12.6 Å². The molecule has 0 radical (unpaired) electrons. The number of carbonyl (C=O) groups excluding carboxylic acids is 7. The number of alkyl carbamates (subject to hydrolysis) is 1. The predicted molar refractivity (Wildman–Crippen MR) is 177 cm³/mol. The number of hydrogen-bond acceptors (Lipinski definition) is 12. The molecule has 4 atom stereocenters. The number of thiol groups is 1. The molecule has 6 N–H and O–H groups in total. The Morgan fingerprint density at radius 1 is 0.638 bits per heavy atom. The molecule has 0 aromatic carbocycles. The van der Waals surface area contributed by atoms with Gasteiger partial charge in [-0.05, 0) is 88.5 Å². The molecule has 0 saturated carbocycles. The predicted octanol–water partition coefficient (Wildman–Crippen LogP) is 1.45. The standard InChI is InChI=1S/C31H55N5O10S/c1-18(37)22(17-47)36-27(42)21(16-24(39)45-30(5,6)7)35-26(41)20(13-11-12-14-33-28(43)46-31(8,9)10)34-25(40)19(32)15-23(38)44-29(2,3)4/h19-22,47H,11-17,32H2,1-10H3,(H,33,43)(H,34,40)(H,35,41)(H,36,42)/t19-,20-,21-,22-/m0/s1. The van der Waals surface area contributed by atoms with Gasteiger partial charge < -0.3 is 41.2 Å².